The molecule has 0 radical (unpaired) electrons. The van der Waals surface area contributed by atoms with E-state index >= 15 is 0 Å². The Morgan fingerprint density at radius 2 is 2.07 bits per heavy atom. The summed E-state index contributed by atoms with van der Waals surface area (Å²) in [5.41, 5.74) is 0.0113. The largest absolute Gasteiger partial charge is 0.335 e. The number of amides is 1. The Bertz CT molecular complexity index is 1120. The van der Waals surface area contributed by atoms with E-state index in [2.05, 4.69) is 11.1 Å². The highest BCUT2D eigenvalue weighted by Gasteiger charge is 2.32. The summed E-state index contributed by atoms with van der Waals surface area (Å²) in [5, 5.41) is 2.03. The van der Waals surface area contributed by atoms with E-state index in [4.69, 9.17) is 0 Å². The van der Waals surface area contributed by atoms with Crippen LogP contribution in [0.5, 0.6) is 0 Å². The summed E-state index contributed by atoms with van der Waals surface area (Å²) < 4.78 is 4.20. The van der Waals surface area contributed by atoms with Crippen molar-refractivity contribution in [2.75, 3.05) is 0 Å². The first-order valence-corrected chi connectivity index (χ1v) is 10.3. The lowest BCUT2D eigenvalue weighted by Crippen LogP contribution is -2.37. The van der Waals surface area contributed by atoms with Gasteiger partial charge in [-0.2, -0.15) is 0 Å². The van der Waals surface area contributed by atoms with E-state index in [9.17, 15) is 14.4 Å². The molecule has 9 heteroatoms. The third kappa shape index (κ3) is 3.42. The van der Waals surface area contributed by atoms with Crippen molar-refractivity contribution in [2.45, 2.75) is 44.8 Å². The summed E-state index contributed by atoms with van der Waals surface area (Å²) in [6, 6.07) is 4.43. The minimum atomic E-state index is -0.397. The number of aromatic nitrogens is 4. The Labute approximate surface area is 165 Å². The van der Waals surface area contributed by atoms with Crippen molar-refractivity contribution in [3.05, 3.63) is 49.6 Å². The summed E-state index contributed by atoms with van der Waals surface area (Å²) in [4.78, 5) is 44.7. The van der Waals surface area contributed by atoms with Crippen LogP contribution < -0.4 is 11.2 Å². The van der Waals surface area contributed by atoms with Crippen LogP contribution in [-0.4, -0.2) is 35.5 Å². The van der Waals surface area contributed by atoms with E-state index in [1.807, 2.05) is 16.3 Å². The summed E-state index contributed by atoms with van der Waals surface area (Å²) in [6.45, 7) is 1.19. The standard InChI is InChI=1S/C19H23N5O3S/c1-21-17-16(18(26)22(2)19(21)27)23(12-20-17)9-3-6-15(25)24(13-7-8-13)11-14-5-4-10-28-14/h4-5,10,12-13H,3,6-9,11H2,1-2H3. The van der Waals surface area contributed by atoms with Gasteiger partial charge in [0.05, 0.1) is 12.9 Å². The highest BCUT2D eigenvalue weighted by atomic mass is 32.1. The number of hydrogen-bond acceptors (Lipinski definition) is 5. The number of thiophene rings is 1. The molecular weight excluding hydrogens is 378 g/mol. The monoisotopic (exact) mass is 401 g/mol. The molecule has 1 fully saturated rings. The maximum absolute atomic E-state index is 12.8. The second-order valence-corrected chi connectivity index (χ2v) is 8.28. The van der Waals surface area contributed by atoms with Crippen molar-refractivity contribution >= 4 is 28.4 Å². The first-order valence-electron chi connectivity index (χ1n) is 9.40. The fourth-order valence-electron chi connectivity index (χ4n) is 3.49. The Hall–Kier alpha value is -2.68. The van der Waals surface area contributed by atoms with Gasteiger partial charge in [0.2, 0.25) is 5.91 Å². The number of nitrogens with zero attached hydrogens (tertiary/aromatic N) is 5. The Kier molecular flexibility index (Phi) is 4.92. The first-order chi connectivity index (χ1) is 13.5. The van der Waals surface area contributed by atoms with Crippen molar-refractivity contribution in [3.63, 3.8) is 0 Å². The van der Waals surface area contributed by atoms with Crippen molar-refractivity contribution in [2.24, 2.45) is 14.1 Å². The number of rotatable bonds is 7. The SMILES string of the molecule is Cn1c(=O)c2c(ncn2CCCC(=O)N(Cc2cccs2)C2CC2)n(C)c1=O. The molecule has 0 aliphatic heterocycles. The fourth-order valence-corrected chi connectivity index (χ4v) is 4.19. The first kappa shape index (κ1) is 18.7. The quantitative estimate of drug-likeness (QED) is 0.600. The Morgan fingerprint density at radius 3 is 2.75 bits per heavy atom. The van der Waals surface area contributed by atoms with Gasteiger partial charge in [-0.25, -0.2) is 9.78 Å². The minimum absolute atomic E-state index is 0.153. The molecule has 1 aliphatic rings. The molecular formula is C19H23N5O3S. The number of fused-ring (bicyclic) bond motifs is 1. The molecule has 3 heterocycles. The van der Waals surface area contributed by atoms with Crippen LogP contribution in [0.15, 0.2) is 33.4 Å². The number of hydrogen-bond donors (Lipinski definition) is 0. The van der Waals surface area contributed by atoms with Gasteiger partial charge in [-0.15, -0.1) is 11.3 Å². The van der Waals surface area contributed by atoms with E-state index in [1.165, 1.54) is 16.5 Å². The maximum Gasteiger partial charge on any atom is 0.332 e. The maximum atomic E-state index is 12.8. The summed E-state index contributed by atoms with van der Waals surface area (Å²) >= 11 is 1.67. The van der Waals surface area contributed by atoms with Crippen LogP contribution in [0.25, 0.3) is 11.2 Å². The second kappa shape index (κ2) is 7.38. The van der Waals surface area contributed by atoms with Crippen molar-refractivity contribution in [3.8, 4) is 0 Å². The summed E-state index contributed by atoms with van der Waals surface area (Å²) in [6.07, 6.45) is 4.76. The molecule has 1 amide bonds. The second-order valence-electron chi connectivity index (χ2n) is 7.25. The number of carbonyl (C=O) groups excluding carboxylic acids is 1. The molecule has 0 aromatic carbocycles. The third-order valence-corrected chi connectivity index (χ3v) is 6.08. The van der Waals surface area contributed by atoms with E-state index in [0.717, 1.165) is 17.4 Å². The molecule has 28 heavy (non-hydrogen) atoms. The molecule has 148 valence electrons. The molecule has 0 bridgehead atoms. The highest BCUT2D eigenvalue weighted by molar-refractivity contribution is 7.09. The zero-order valence-electron chi connectivity index (χ0n) is 16.0. The van der Waals surface area contributed by atoms with Crippen LogP contribution in [0.1, 0.15) is 30.6 Å². The van der Waals surface area contributed by atoms with Gasteiger partial charge in [-0.05, 0) is 30.7 Å². The highest BCUT2D eigenvalue weighted by Crippen LogP contribution is 2.30. The van der Waals surface area contributed by atoms with Crippen LogP contribution in [0.3, 0.4) is 0 Å². The van der Waals surface area contributed by atoms with Gasteiger partial charge in [0.25, 0.3) is 5.56 Å². The Balaban J connectivity index is 1.45. The van der Waals surface area contributed by atoms with Gasteiger partial charge in [0.15, 0.2) is 11.2 Å². The lowest BCUT2D eigenvalue weighted by molar-refractivity contribution is -0.132. The predicted octanol–water partition coefficient (Wildman–Crippen LogP) is 1.47. The predicted molar refractivity (Wildman–Crippen MR) is 107 cm³/mol. The van der Waals surface area contributed by atoms with E-state index in [0.29, 0.717) is 43.1 Å². The number of carbonyl (C=O) groups is 1. The van der Waals surface area contributed by atoms with Crippen LogP contribution in [0.4, 0.5) is 0 Å². The van der Waals surface area contributed by atoms with Gasteiger partial charge in [0.1, 0.15) is 0 Å². The van der Waals surface area contributed by atoms with E-state index in [-0.39, 0.29) is 11.5 Å². The summed E-state index contributed by atoms with van der Waals surface area (Å²) in [7, 11) is 3.06. The molecule has 8 nitrogen and oxygen atoms in total. The van der Waals surface area contributed by atoms with E-state index < -0.39 is 5.69 Å². The molecule has 0 N–H and O–H groups in total. The zero-order chi connectivity index (χ0) is 19.8. The molecule has 1 saturated carbocycles. The lowest BCUT2D eigenvalue weighted by Gasteiger charge is -2.22. The van der Waals surface area contributed by atoms with Crippen molar-refractivity contribution < 1.29 is 4.79 Å². The van der Waals surface area contributed by atoms with Crippen LogP contribution in [0, 0.1) is 0 Å². The molecule has 0 spiro atoms. The van der Waals surface area contributed by atoms with Gasteiger partial charge in [0, 0.05) is 38.0 Å². The van der Waals surface area contributed by atoms with Crippen LogP contribution >= 0.6 is 11.3 Å². The van der Waals surface area contributed by atoms with Crippen molar-refractivity contribution in [1.29, 1.82) is 0 Å². The zero-order valence-corrected chi connectivity index (χ0v) is 16.8. The molecule has 3 aromatic rings. The molecule has 1 aliphatic carbocycles. The normalized spacial score (nSPS) is 13.9. The minimum Gasteiger partial charge on any atom is -0.335 e. The lowest BCUT2D eigenvalue weighted by atomic mass is 10.2. The molecule has 4 rings (SSSR count). The Morgan fingerprint density at radius 1 is 1.29 bits per heavy atom. The molecule has 0 atom stereocenters. The fraction of sp³-hybridized carbons (Fsp3) is 0.474. The van der Waals surface area contributed by atoms with Gasteiger partial charge in [-0.1, -0.05) is 6.07 Å². The topological polar surface area (TPSA) is 82.1 Å². The van der Waals surface area contributed by atoms with Crippen LogP contribution in [0.2, 0.25) is 0 Å². The average molecular weight is 401 g/mol. The average Bonchev–Trinajstić information content (AvgIpc) is 3.22. The van der Waals surface area contributed by atoms with Gasteiger partial charge < -0.3 is 9.47 Å². The summed E-state index contributed by atoms with van der Waals surface area (Å²) in [5.74, 6) is 0.153. The number of imidazole rings is 1. The van der Waals surface area contributed by atoms with Crippen LogP contribution in [-0.2, 0) is 32.0 Å². The van der Waals surface area contributed by atoms with E-state index in [1.54, 1.807) is 29.3 Å². The van der Waals surface area contributed by atoms with Crippen molar-refractivity contribution in [1.82, 2.24) is 23.6 Å². The molecule has 0 unspecified atom stereocenters. The molecule has 3 aromatic heterocycles. The smallest absolute Gasteiger partial charge is 0.332 e. The number of aryl methyl sites for hydroxylation is 2. The molecule has 0 saturated heterocycles. The third-order valence-electron chi connectivity index (χ3n) is 5.22. The van der Waals surface area contributed by atoms with Gasteiger partial charge >= 0.3 is 5.69 Å². The van der Waals surface area contributed by atoms with Gasteiger partial charge in [-0.3, -0.25) is 18.7 Å².